The molecule has 3 aromatic carbocycles. The summed E-state index contributed by atoms with van der Waals surface area (Å²) < 4.78 is 24.6. The van der Waals surface area contributed by atoms with E-state index in [1.54, 1.807) is 37.3 Å². The molecule has 0 aromatic heterocycles. The smallest absolute Gasteiger partial charge is 0.335 e. The average molecular weight is 505 g/mol. The Kier molecular flexibility index (Phi) is 7.23. The Morgan fingerprint density at radius 1 is 0.973 bits per heavy atom. The van der Waals surface area contributed by atoms with Crippen molar-refractivity contribution >= 4 is 35.3 Å². The maximum Gasteiger partial charge on any atom is 0.335 e. The maximum absolute atomic E-state index is 13.1. The van der Waals surface area contributed by atoms with Crippen molar-refractivity contribution < 1.29 is 33.2 Å². The Hall–Kier alpha value is -5.06. The second-order valence-electron chi connectivity index (χ2n) is 7.79. The van der Waals surface area contributed by atoms with Crippen LogP contribution in [0.3, 0.4) is 0 Å². The number of hydrogen-bond acceptors (Lipinski definition) is 7. The van der Waals surface area contributed by atoms with Gasteiger partial charge in [0.05, 0.1) is 17.2 Å². The van der Waals surface area contributed by atoms with Crippen LogP contribution in [-0.4, -0.2) is 29.4 Å². The van der Waals surface area contributed by atoms with Crippen LogP contribution in [0.25, 0.3) is 6.08 Å². The van der Waals surface area contributed by atoms with E-state index in [1.807, 2.05) is 0 Å². The van der Waals surface area contributed by atoms with E-state index in [-0.39, 0.29) is 29.4 Å². The van der Waals surface area contributed by atoms with Crippen LogP contribution >= 0.6 is 0 Å². The molecular formula is C26H20FN3O7. The minimum Gasteiger partial charge on any atom is -0.490 e. The molecule has 1 aliphatic heterocycles. The first-order valence-corrected chi connectivity index (χ1v) is 11.1. The molecule has 188 valence electrons. The molecule has 1 aliphatic rings. The van der Waals surface area contributed by atoms with Crippen LogP contribution in [0, 0.1) is 15.9 Å². The average Bonchev–Trinajstić information content (AvgIpc) is 2.87. The minimum absolute atomic E-state index is 0.0612. The van der Waals surface area contributed by atoms with Gasteiger partial charge in [-0.15, -0.1) is 0 Å². The van der Waals surface area contributed by atoms with Gasteiger partial charge in [0.25, 0.3) is 17.5 Å². The second-order valence-corrected chi connectivity index (χ2v) is 7.79. The van der Waals surface area contributed by atoms with Gasteiger partial charge < -0.3 is 9.47 Å². The van der Waals surface area contributed by atoms with Gasteiger partial charge in [0.1, 0.15) is 18.0 Å². The third kappa shape index (κ3) is 5.61. The standard InChI is InChI=1S/C26H20FN3O7/c1-2-36-23-14-17(5-12-22(23)37-15-16-3-6-18(27)7-4-16)13-21-24(31)28-26(33)29(25(21)32)19-8-10-20(11-9-19)30(34)35/h3-14H,2,15H2,1H3,(H,28,31,33)/b21-13+. The van der Waals surface area contributed by atoms with Gasteiger partial charge in [-0.2, -0.15) is 0 Å². The Morgan fingerprint density at radius 2 is 1.68 bits per heavy atom. The summed E-state index contributed by atoms with van der Waals surface area (Å²) in [5.41, 5.74) is 0.696. The van der Waals surface area contributed by atoms with Crippen molar-refractivity contribution in [2.45, 2.75) is 13.5 Å². The molecule has 1 fully saturated rings. The van der Waals surface area contributed by atoms with Gasteiger partial charge in [-0.3, -0.25) is 25.0 Å². The summed E-state index contributed by atoms with van der Waals surface area (Å²) in [4.78, 5) is 49.0. The molecule has 11 heteroatoms. The highest BCUT2D eigenvalue weighted by molar-refractivity contribution is 6.39. The molecule has 37 heavy (non-hydrogen) atoms. The number of rotatable bonds is 8. The van der Waals surface area contributed by atoms with Crippen molar-refractivity contribution in [3.8, 4) is 11.5 Å². The van der Waals surface area contributed by atoms with Gasteiger partial charge in [0.15, 0.2) is 11.5 Å². The third-order valence-electron chi connectivity index (χ3n) is 5.31. The van der Waals surface area contributed by atoms with Crippen LogP contribution in [0.5, 0.6) is 11.5 Å². The molecule has 0 aliphatic carbocycles. The lowest BCUT2D eigenvalue weighted by atomic mass is 10.1. The number of non-ortho nitro benzene ring substituents is 1. The van der Waals surface area contributed by atoms with Gasteiger partial charge in [-0.1, -0.05) is 18.2 Å². The zero-order valence-corrected chi connectivity index (χ0v) is 19.5. The maximum atomic E-state index is 13.1. The number of anilines is 1. The highest BCUT2D eigenvalue weighted by Gasteiger charge is 2.37. The summed E-state index contributed by atoms with van der Waals surface area (Å²) >= 11 is 0. The molecule has 4 rings (SSSR count). The van der Waals surface area contributed by atoms with Crippen molar-refractivity contribution in [1.29, 1.82) is 0 Å². The van der Waals surface area contributed by atoms with Crippen LogP contribution in [-0.2, 0) is 16.2 Å². The summed E-state index contributed by atoms with van der Waals surface area (Å²) in [7, 11) is 0. The van der Waals surface area contributed by atoms with Crippen LogP contribution in [0.15, 0.2) is 72.3 Å². The summed E-state index contributed by atoms with van der Waals surface area (Å²) in [6, 6.07) is 14.4. The number of halogens is 1. The van der Waals surface area contributed by atoms with E-state index in [0.29, 0.717) is 23.7 Å². The lowest BCUT2D eigenvalue weighted by molar-refractivity contribution is -0.384. The predicted molar refractivity (Wildman–Crippen MR) is 130 cm³/mol. The van der Waals surface area contributed by atoms with Crippen LogP contribution in [0.2, 0.25) is 0 Å². The van der Waals surface area contributed by atoms with E-state index in [1.165, 1.54) is 30.3 Å². The molecule has 0 bridgehead atoms. The number of benzene rings is 3. The van der Waals surface area contributed by atoms with Crippen molar-refractivity contribution in [3.05, 3.63) is 99.4 Å². The van der Waals surface area contributed by atoms with E-state index in [0.717, 1.165) is 22.6 Å². The molecule has 1 saturated heterocycles. The fraction of sp³-hybridized carbons (Fsp3) is 0.115. The molecule has 0 saturated carbocycles. The van der Waals surface area contributed by atoms with Gasteiger partial charge in [0.2, 0.25) is 0 Å². The highest BCUT2D eigenvalue weighted by atomic mass is 19.1. The number of nitrogens with zero attached hydrogens (tertiary/aromatic N) is 2. The Labute approximate surface area is 210 Å². The number of urea groups is 1. The summed E-state index contributed by atoms with van der Waals surface area (Å²) in [6.45, 7) is 2.25. The van der Waals surface area contributed by atoms with E-state index >= 15 is 0 Å². The number of nitro benzene ring substituents is 1. The van der Waals surface area contributed by atoms with Crippen LogP contribution < -0.4 is 19.7 Å². The normalized spacial score (nSPS) is 14.5. The highest BCUT2D eigenvalue weighted by Crippen LogP contribution is 2.31. The number of amides is 4. The van der Waals surface area contributed by atoms with Gasteiger partial charge in [0, 0.05) is 12.1 Å². The number of carbonyl (C=O) groups excluding carboxylic acids is 3. The molecule has 1 N–H and O–H groups in total. The predicted octanol–water partition coefficient (Wildman–Crippen LogP) is 4.38. The summed E-state index contributed by atoms with van der Waals surface area (Å²) in [6.07, 6.45) is 1.30. The summed E-state index contributed by atoms with van der Waals surface area (Å²) in [5, 5.41) is 13.0. The lowest BCUT2D eigenvalue weighted by Gasteiger charge is -2.26. The number of nitro groups is 1. The number of carbonyl (C=O) groups is 3. The van der Waals surface area contributed by atoms with E-state index in [4.69, 9.17) is 9.47 Å². The Balaban J connectivity index is 1.60. The number of barbiturate groups is 1. The molecular weight excluding hydrogens is 485 g/mol. The van der Waals surface area contributed by atoms with Gasteiger partial charge in [-0.05, 0) is 60.5 Å². The quantitative estimate of drug-likeness (QED) is 0.208. The molecule has 0 atom stereocenters. The van der Waals surface area contributed by atoms with Gasteiger partial charge >= 0.3 is 6.03 Å². The lowest BCUT2D eigenvalue weighted by Crippen LogP contribution is -2.54. The molecule has 4 amide bonds. The monoisotopic (exact) mass is 505 g/mol. The van der Waals surface area contributed by atoms with E-state index in [9.17, 15) is 28.9 Å². The van der Waals surface area contributed by atoms with Gasteiger partial charge in [-0.25, -0.2) is 14.1 Å². The zero-order chi connectivity index (χ0) is 26.5. The van der Waals surface area contributed by atoms with Crippen LogP contribution in [0.1, 0.15) is 18.1 Å². The zero-order valence-electron chi connectivity index (χ0n) is 19.5. The van der Waals surface area contributed by atoms with Crippen molar-refractivity contribution in [2.24, 2.45) is 0 Å². The molecule has 0 radical (unpaired) electrons. The first-order valence-electron chi connectivity index (χ1n) is 11.1. The van der Waals surface area contributed by atoms with Crippen LogP contribution in [0.4, 0.5) is 20.6 Å². The molecule has 0 unspecified atom stereocenters. The molecule has 1 heterocycles. The second kappa shape index (κ2) is 10.7. The van der Waals surface area contributed by atoms with Crippen molar-refractivity contribution in [3.63, 3.8) is 0 Å². The van der Waals surface area contributed by atoms with E-state index < -0.39 is 22.8 Å². The number of nitrogens with one attached hydrogen (secondary N) is 1. The number of imide groups is 2. The Bertz CT molecular complexity index is 1400. The van der Waals surface area contributed by atoms with Crippen molar-refractivity contribution in [1.82, 2.24) is 5.32 Å². The summed E-state index contributed by atoms with van der Waals surface area (Å²) in [5.74, 6) is -1.38. The largest absolute Gasteiger partial charge is 0.490 e. The molecule has 10 nitrogen and oxygen atoms in total. The molecule has 0 spiro atoms. The molecule has 3 aromatic rings. The third-order valence-corrected chi connectivity index (χ3v) is 5.31. The van der Waals surface area contributed by atoms with E-state index in [2.05, 4.69) is 5.32 Å². The Morgan fingerprint density at radius 3 is 2.32 bits per heavy atom. The van der Waals surface area contributed by atoms with Crippen molar-refractivity contribution in [2.75, 3.05) is 11.5 Å². The minimum atomic E-state index is -0.972. The SMILES string of the molecule is CCOc1cc(/C=C2\C(=O)NC(=O)N(c3ccc([N+](=O)[O-])cc3)C2=O)ccc1OCc1ccc(F)cc1. The number of hydrogen-bond donors (Lipinski definition) is 1. The topological polar surface area (TPSA) is 128 Å². The first-order chi connectivity index (χ1) is 17.8. The number of ether oxygens (including phenoxy) is 2. The fourth-order valence-electron chi connectivity index (χ4n) is 3.53. The fourth-order valence-corrected chi connectivity index (χ4v) is 3.53. The first kappa shape index (κ1) is 25.0.